The van der Waals surface area contributed by atoms with Crippen molar-refractivity contribution in [1.29, 1.82) is 0 Å². The van der Waals surface area contributed by atoms with Crippen molar-refractivity contribution in [2.24, 2.45) is 11.5 Å². The van der Waals surface area contributed by atoms with E-state index in [0.29, 0.717) is 17.0 Å². The highest BCUT2D eigenvalue weighted by Crippen LogP contribution is 2.37. The smallest absolute Gasteiger partial charge is 0.322 e. The van der Waals surface area contributed by atoms with Crippen LogP contribution in [-0.2, 0) is 6.18 Å². The summed E-state index contributed by atoms with van der Waals surface area (Å²) in [6, 6.07) is 11.5. The van der Waals surface area contributed by atoms with Crippen LogP contribution in [0.1, 0.15) is 28.2 Å². The number of rotatable bonds is 5. The largest absolute Gasteiger partial charge is 0.417 e. The summed E-state index contributed by atoms with van der Waals surface area (Å²) in [7, 11) is 0. The summed E-state index contributed by atoms with van der Waals surface area (Å²) in [6.07, 6.45) is -1.51. The van der Waals surface area contributed by atoms with Crippen LogP contribution in [0.25, 0.3) is 22.5 Å². The van der Waals surface area contributed by atoms with Crippen LogP contribution in [0.4, 0.5) is 13.2 Å². The van der Waals surface area contributed by atoms with Crippen LogP contribution in [-0.4, -0.2) is 15.0 Å². The lowest BCUT2D eigenvalue weighted by Gasteiger charge is -2.18. The number of halogens is 4. The van der Waals surface area contributed by atoms with Crippen LogP contribution in [0.2, 0.25) is 5.02 Å². The highest BCUT2D eigenvalue weighted by molar-refractivity contribution is 7.10. The first-order valence-electron chi connectivity index (χ1n) is 9.44. The molecule has 2 unspecified atom stereocenters. The number of nitrogens with zero attached hydrogens (tertiary/aromatic N) is 3. The second kappa shape index (κ2) is 8.95. The lowest BCUT2D eigenvalue weighted by Crippen LogP contribution is -2.26. The minimum absolute atomic E-state index is 0.397. The van der Waals surface area contributed by atoms with E-state index in [0.717, 1.165) is 22.2 Å². The van der Waals surface area contributed by atoms with E-state index in [4.69, 9.17) is 23.1 Å². The number of hydrogen-bond acceptors (Lipinski definition) is 6. The van der Waals surface area contributed by atoms with E-state index >= 15 is 0 Å². The molecule has 164 valence electrons. The Labute approximate surface area is 190 Å². The van der Waals surface area contributed by atoms with Crippen molar-refractivity contribution in [3.8, 4) is 22.5 Å². The van der Waals surface area contributed by atoms with Crippen LogP contribution in [0, 0.1) is 0 Å². The summed E-state index contributed by atoms with van der Waals surface area (Å²) in [4.78, 5) is 13.6. The molecular formula is C22H17ClF3N5S. The minimum Gasteiger partial charge on any atom is -0.322 e. The third-order valence-corrected chi connectivity index (χ3v) is 6.24. The lowest BCUT2D eigenvalue weighted by atomic mass is 10.0. The molecule has 1 aromatic carbocycles. The number of aromatic nitrogens is 3. The van der Waals surface area contributed by atoms with Gasteiger partial charge >= 0.3 is 6.18 Å². The van der Waals surface area contributed by atoms with Crippen molar-refractivity contribution in [2.75, 3.05) is 0 Å². The molecule has 0 aliphatic rings. The highest BCUT2D eigenvalue weighted by Gasteiger charge is 2.33. The second-order valence-corrected chi connectivity index (χ2v) is 8.37. The Hall–Kier alpha value is -2.85. The van der Waals surface area contributed by atoms with Crippen molar-refractivity contribution in [3.05, 3.63) is 87.6 Å². The van der Waals surface area contributed by atoms with Gasteiger partial charge in [-0.2, -0.15) is 13.2 Å². The maximum Gasteiger partial charge on any atom is 0.417 e. The average molecular weight is 476 g/mol. The van der Waals surface area contributed by atoms with Crippen LogP contribution in [0.15, 0.2) is 66.4 Å². The van der Waals surface area contributed by atoms with Gasteiger partial charge in [-0.1, -0.05) is 23.7 Å². The van der Waals surface area contributed by atoms with Gasteiger partial charge in [0.15, 0.2) is 0 Å². The molecular weight excluding hydrogens is 459 g/mol. The Bertz CT molecular complexity index is 1230. The summed E-state index contributed by atoms with van der Waals surface area (Å²) in [5.74, 6) is 0. The molecule has 0 bridgehead atoms. The number of thiophene rings is 1. The van der Waals surface area contributed by atoms with Gasteiger partial charge in [0.25, 0.3) is 0 Å². The fraction of sp³-hybridized carbons (Fsp3) is 0.136. The predicted molar refractivity (Wildman–Crippen MR) is 119 cm³/mol. The lowest BCUT2D eigenvalue weighted by molar-refractivity contribution is -0.137. The van der Waals surface area contributed by atoms with Gasteiger partial charge in [0.05, 0.1) is 39.8 Å². The van der Waals surface area contributed by atoms with Crippen LogP contribution < -0.4 is 11.5 Å². The molecule has 4 rings (SSSR count). The highest BCUT2D eigenvalue weighted by atomic mass is 35.5. The molecule has 0 radical (unpaired) electrons. The summed E-state index contributed by atoms with van der Waals surface area (Å²) in [5.41, 5.74) is 14.9. The third kappa shape index (κ3) is 4.66. The molecule has 10 heteroatoms. The van der Waals surface area contributed by atoms with E-state index in [-0.39, 0.29) is 0 Å². The number of pyridine rings is 1. The normalized spacial score (nSPS) is 13.7. The predicted octanol–water partition coefficient (Wildman–Crippen LogP) is 5.64. The molecule has 3 aromatic heterocycles. The first-order chi connectivity index (χ1) is 15.2. The molecule has 2 atom stereocenters. The molecule has 0 saturated heterocycles. The van der Waals surface area contributed by atoms with E-state index in [1.54, 1.807) is 12.3 Å². The molecule has 0 aliphatic carbocycles. The van der Waals surface area contributed by atoms with Crippen LogP contribution in [0.5, 0.6) is 0 Å². The Morgan fingerprint density at radius 1 is 0.875 bits per heavy atom. The van der Waals surface area contributed by atoms with Gasteiger partial charge in [-0.25, -0.2) is 9.97 Å². The summed E-state index contributed by atoms with van der Waals surface area (Å²) >= 11 is 7.31. The standard InChI is InChI=1S/C22H17ClF3N5S/c23-15-7-12(4-5-14(15)22(24,25)26)17-9-18(31-11-30-17)20(27)21(28)19-8-13(10-32-19)16-3-1-2-6-29-16/h1-11,20-21H,27-28H2. The zero-order valence-corrected chi connectivity index (χ0v) is 18.0. The summed E-state index contributed by atoms with van der Waals surface area (Å²) in [6.45, 7) is 0. The topological polar surface area (TPSA) is 90.7 Å². The molecule has 0 aliphatic heterocycles. The maximum atomic E-state index is 13.0. The van der Waals surface area contributed by atoms with Gasteiger partial charge in [0, 0.05) is 27.6 Å². The zero-order chi connectivity index (χ0) is 22.9. The molecule has 32 heavy (non-hydrogen) atoms. The monoisotopic (exact) mass is 475 g/mol. The van der Waals surface area contributed by atoms with Crippen LogP contribution in [0.3, 0.4) is 0 Å². The molecule has 0 spiro atoms. The molecule has 0 amide bonds. The van der Waals surface area contributed by atoms with Gasteiger partial charge in [-0.3, -0.25) is 4.98 Å². The van der Waals surface area contributed by atoms with E-state index in [1.807, 2.05) is 29.6 Å². The van der Waals surface area contributed by atoms with E-state index in [2.05, 4.69) is 15.0 Å². The van der Waals surface area contributed by atoms with Crippen molar-refractivity contribution in [3.63, 3.8) is 0 Å². The van der Waals surface area contributed by atoms with Gasteiger partial charge in [-0.05, 0) is 36.4 Å². The quantitative estimate of drug-likeness (QED) is 0.390. The maximum absolute atomic E-state index is 13.0. The fourth-order valence-corrected chi connectivity index (χ4v) is 4.41. The van der Waals surface area contributed by atoms with Gasteiger partial charge in [0.1, 0.15) is 6.33 Å². The van der Waals surface area contributed by atoms with Crippen molar-refractivity contribution in [2.45, 2.75) is 18.3 Å². The van der Waals surface area contributed by atoms with Crippen LogP contribution >= 0.6 is 22.9 Å². The number of nitrogens with two attached hydrogens (primary N) is 2. The first kappa shape index (κ1) is 22.3. The second-order valence-electron chi connectivity index (χ2n) is 7.02. The molecule has 5 nitrogen and oxygen atoms in total. The summed E-state index contributed by atoms with van der Waals surface area (Å²) < 4.78 is 38.9. The number of alkyl halides is 3. The molecule has 4 N–H and O–H groups in total. The van der Waals surface area contributed by atoms with Gasteiger partial charge < -0.3 is 11.5 Å². The molecule has 4 aromatic rings. The molecule has 3 heterocycles. The fourth-order valence-electron chi connectivity index (χ4n) is 3.17. The Morgan fingerprint density at radius 3 is 2.38 bits per heavy atom. The Balaban J connectivity index is 1.58. The van der Waals surface area contributed by atoms with Gasteiger partial charge in [-0.15, -0.1) is 11.3 Å². The van der Waals surface area contributed by atoms with E-state index < -0.39 is 28.8 Å². The SMILES string of the molecule is NC(c1cc(-c2ccc(C(F)(F)F)c(Cl)c2)ncn1)C(N)c1cc(-c2ccccn2)cs1. The average Bonchev–Trinajstić information content (AvgIpc) is 3.28. The Kier molecular flexibility index (Phi) is 6.25. The van der Waals surface area contributed by atoms with E-state index in [9.17, 15) is 13.2 Å². The van der Waals surface area contributed by atoms with Crippen molar-refractivity contribution >= 4 is 22.9 Å². The van der Waals surface area contributed by atoms with Gasteiger partial charge in [0.2, 0.25) is 0 Å². The third-order valence-electron chi connectivity index (χ3n) is 4.90. The first-order valence-corrected chi connectivity index (χ1v) is 10.7. The number of benzene rings is 1. The van der Waals surface area contributed by atoms with E-state index in [1.165, 1.54) is 29.8 Å². The van der Waals surface area contributed by atoms with Crippen molar-refractivity contribution < 1.29 is 13.2 Å². The zero-order valence-electron chi connectivity index (χ0n) is 16.4. The molecule has 0 fully saturated rings. The van der Waals surface area contributed by atoms with Crippen molar-refractivity contribution in [1.82, 2.24) is 15.0 Å². The Morgan fingerprint density at radius 2 is 1.69 bits per heavy atom. The minimum atomic E-state index is -4.53. The summed E-state index contributed by atoms with van der Waals surface area (Å²) in [5, 5.41) is 1.55. The molecule has 0 saturated carbocycles. The number of hydrogen-bond donors (Lipinski definition) is 2.